The maximum Gasteiger partial charge on any atom is 0.387 e. The van der Waals surface area contributed by atoms with Gasteiger partial charge in [-0.3, -0.25) is 19.2 Å². The molecule has 2 aliphatic rings. The molecular weight excluding hydrogens is 418 g/mol. The molecule has 1 aliphatic carbocycles. The Bertz CT molecular complexity index is 877. The van der Waals surface area contributed by atoms with Gasteiger partial charge in [0.25, 0.3) is 11.8 Å². The van der Waals surface area contributed by atoms with Crippen LogP contribution in [-0.2, 0) is 23.9 Å². The van der Waals surface area contributed by atoms with Crippen LogP contribution in [0.15, 0.2) is 18.2 Å². The molecule has 0 spiro atoms. The van der Waals surface area contributed by atoms with E-state index in [1.807, 2.05) is 0 Å². The van der Waals surface area contributed by atoms with Crippen LogP contribution in [0, 0.1) is 5.92 Å². The SMILES string of the molecule is NC(=O)[C@@H](NC(=O)C1CCC1)C(=O)Nc1ccc(N2CCOCC2=O)cc1OC(F)F. The minimum Gasteiger partial charge on any atom is -0.433 e. The van der Waals surface area contributed by atoms with Gasteiger partial charge in [-0.2, -0.15) is 8.78 Å². The van der Waals surface area contributed by atoms with Crippen LogP contribution in [0.2, 0.25) is 0 Å². The van der Waals surface area contributed by atoms with Gasteiger partial charge in [-0.1, -0.05) is 6.42 Å². The molecule has 0 aromatic heterocycles. The van der Waals surface area contributed by atoms with Gasteiger partial charge in [0.2, 0.25) is 11.8 Å². The zero-order valence-electron chi connectivity index (χ0n) is 16.4. The van der Waals surface area contributed by atoms with E-state index >= 15 is 0 Å². The Morgan fingerprint density at radius 3 is 2.58 bits per heavy atom. The number of morpholine rings is 1. The molecule has 1 heterocycles. The van der Waals surface area contributed by atoms with Gasteiger partial charge in [0.15, 0.2) is 11.8 Å². The molecule has 31 heavy (non-hydrogen) atoms. The summed E-state index contributed by atoms with van der Waals surface area (Å²) < 4.78 is 35.3. The first kappa shape index (κ1) is 22.4. The van der Waals surface area contributed by atoms with Crippen LogP contribution >= 0.6 is 0 Å². The molecule has 1 aromatic rings. The van der Waals surface area contributed by atoms with Crippen LogP contribution in [0.3, 0.4) is 0 Å². The Morgan fingerprint density at radius 1 is 1.26 bits per heavy atom. The predicted molar refractivity (Wildman–Crippen MR) is 103 cm³/mol. The van der Waals surface area contributed by atoms with Crippen LogP contribution in [0.25, 0.3) is 0 Å². The van der Waals surface area contributed by atoms with Crippen LogP contribution in [0.4, 0.5) is 20.2 Å². The average Bonchev–Trinajstić information content (AvgIpc) is 2.65. The number of hydrogen-bond donors (Lipinski definition) is 3. The normalized spacial score (nSPS) is 17.6. The highest BCUT2D eigenvalue weighted by Crippen LogP contribution is 2.32. The fourth-order valence-electron chi connectivity index (χ4n) is 3.17. The number of nitrogens with one attached hydrogen (secondary N) is 2. The number of alkyl halides is 2. The van der Waals surface area contributed by atoms with Gasteiger partial charge in [-0.15, -0.1) is 0 Å². The summed E-state index contributed by atoms with van der Waals surface area (Å²) in [5, 5.41) is 4.56. The predicted octanol–water partition coefficient (Wildman–Crippen LogP) is 0.360. The smallest absolute Gasteiger partial charge is 0.387 e. The molecule has 12 heteroatoms. The first-order chi connectivity index (χ1) is 14.8. The van der Waals surface area contributed by atoms with E-state index in [0.29, 0.717) is 12.8 Å². The minimum absolute atomic E-state index is 0.148. The number of halogens is 2. The number of benzene rings is 1. The van der Waals surface area contributed by atoms with Crippen molar-refractivity contribution < 1.29 is 37.4 Å². The molecule has 0 radical (unpaired) electrons. The van der Waals surface area contributed by atoms with E-state index in [1.54, 1.807) is 0 Å². The number of nitrogens with zero attached hydrogens (tertiary/aromatic N) is 1. The molecule has 1 saturated carbocycles. The zero-order valence-corrected chi connectivity index (χ0v) is 16.4. The maximum absolute atomic E-state index is 12.9. The van der Waals surface area contributed by atoms with Crippen LogP contribution in [-0.4, -0.2) is 56.0 Å². The first-order valence-electron chi connectivity index (χ1n) is 9.64. The Hall–Kier alpha value is -3.28. The molecule has 0 unspecified atom stereocenters. The van der Waals surface area contributed by atoms with E-state index in [-0.39, 0.29) is 43.0 Å². The number of carbonyl (C=O) groups excluding carboxylic acids is 4. The van der Waals surface area contributed by atoms with E-state index in [4.69, 9.17) is 10.5 Å². The number of nitrogens with two attached hydrogens (primary N) is 1. The highest BCUT2D eigenvalue weighted by molar-refractivity contribution is 6.12. The van der Waals surface area contributed by atoms with Crippen molar-refractivity contribution in [2.75, 3.05) is 30.0 Å². The van der Waals surface area contributed by atoms with Gasteiger partial charge in [0.05, 0.1) is 12.3 Å². The molecule has 10 nitrogen and oxygen atoms in total. The number of carbonyl (C=O) groups is 4. The Kier molecular flexibility index (Phi) is 7.00. The number of hydrogen-bond acceptors (Lipinski definition) is 6. The molecule has 4 amide bonds. The molecule has 4 N–H and O–H groups in total. The summed E-state index contributed by atoms with van der Waals surface area (Å²) in [5.74, 6) is -3.66. The highest BCUT2D eigenvalue weighted by atomic mass is 19.3. The largest absolute Gasteiger partial charge is 0.433 e. The lowest BCUT2D eigenvalue weighted by Gasteiger charge is -2.28. The highest BCUT2D eigenvalue weighted by Gasteiger charge is 2.32. The van der Waals surface area contributed by atoms with Gasteiger partial charge in [-0.05, 0) is 25.0 Å². The third-order valence-corrected chi connectivity index (χ3v) is 5.05. The molecule has 1 saturated heterocycles. The second-order valence-electron chi connectivity index (χ2n) is 7.12. The van der Waals surface area contributed by atoms with E-state index < -0.39 is 36.1 Å². The van der Waals surface area contributed by atoms with Crippen LogP contribution in [0.5, 0.6) is 5.75 Å². The molecule has 2 fully saturated rings. The van der Waals surface area contributed by atoms with Crippen molar-refractivity contribution in [1.82, 2.24) is 5.32 Å². The summed E-state index contributed by atoms with van der Waals surface area (Å²) in [6.07, 6.45) is 2.16. The first-order valence-corrected chi connectivity index (χ1v) is 9.64. The zero-order chi connectivity index (χ0) is 22.5. The van der Waals surface area contributed by atoms with Crippen molar-refractivity contribution in [1.29, 1.82) is 0 Å². The van der Waals surface area contributed by atoms with Crippen molar-refractivity contribution in [2.45, 2.75) is 31.9 Å². The molecule has 1 aliphatic heterocycles. The fraction of sp³-hybridized carbons (Fsp3) is 0.474. The number of ether oxygens (including phenoxy) is 2. The van der Waals surface area contributed by atoms with E-state index in [1.165, 1.54) is 17.0 Å². The van der Waals surface area contributed by atoms with E-state index in [0.717, 1.165) is 12.5 Å². The summed E-state index contributed by atoms with van der Waals surface area (Å²) in [6, 6.07) is 2.15. The Labute approximate surface area is 176 Å². The van der Waals surface area contributed by atoms with Crippen LogP contribution in [0.1, 0.15) is 19.3 Å². The van der Waals surface area contributed by atoms with Gasteiger partial charge >= 0.3 is 6.61 Å². The summed E-state index contributed by atoms with van der Waals surface area (Å²) in [7, 11) is 0. The standard InChI is InChI=1S/C19H22F2N4O6/c20-19(21)31-13-8-11(25-6-7-30-9-14(25)26)4-5-12(13)23-18(29)15(16(22)27)24-17(28)10-2-1-3-10/h4-5,8,10,15,19H,1-3,6-7,9H2,(H2,22,27)(H,23,29)(H,24,28)/t15-/m1/s1. The molecule has 1 aromatic carbocycles. The number of primary amides is 1. The second kappa shape index (κ2) is 9.69. The number of amides is 4. The summed E-state index contributed by atoms with van der Waals surface area (Å²) in [4.78, 5) is 49.7. The lowest BCUT2D eigenvalue weighted by Crippen LogP contribution is -2.53. The van der Waals surface area contributed by atoms with Crippen molar-refractivity contribution in [3.05, 3.63) is 18.2 Å². The number of rotatable bonds is 8. The van der Waals surface area contributed by atoms with E-state index in [2.05, 4.69) is 15.4 Å². The van der Waals surface area contributed by atoms with Crippen LogP contribution < -0.4 is 26.0 Å². The van der Waals surface area contributed by atoms with Gasteiger partial charge in [0, 0.05) is 24.2 Å². The summed E-state index contributed by atoms with van der Waals surface area (Å²) in [6.45, 7) is -2.87. The molecule has 3 rings (SSSR count). The lowest BCUT2D eigenvalue weighted by atomic mass is 9.84. The minimum atomic E-state index is -3.21. The summed E-state index contributed by atoms with van der Waals surface area (Å²) in [5.41, 5.74) is 5.32. The average molecular weight is 440 g/mol. The van der Waals surface area contributed by atoms with Gasteiger partial charge < -0.3 is 30.7 Å². The van der Waals surface area contributed by atoms with Crippen molar-refractivity contribution >= 4 is 35.0 Å². The molecule has 168 valence electrons. The van der Waals surface area contributed by atoms with Gasteiger partial charge in [0.1, 0.15) is 6.61 Å². The summed E-state index contributed by atoms with van der Waals surface area (Å²) >= 11 is 0. The van der Waals surface area contributed by atoms with Crippen molar-refractivity contribution in [2.24, 2.45) is 11.7 Å². The third kappa shape index (κ3) is 5.45. The lowest BCUT2D eigenvalue weighted by molar-refractivity contribution is -0.136. The Balaban J connectivity index is 1.79. The van der Waals surface area contributed by atoms with Crippen molar-refractivity contribution in [3.8, 4) is 5.75 Å². The number of anilines is 2. The Morgan fingerprint density at radius 2 is 2.00 bits per heavy atom. The second-order valence-corrected chi connectivity index (χ2v) is 7.12. The molecule has 1 atom stereocenters. The van der Waals surface area contributed by atoms with Gasteiger partial charge in [-0.25, -0.2) is 0 Å². The maximum atomic E-state index is 12.9. The quantitative estimate of drug-likeness (QED) is 0.499. The fourth-order valence-corrected chi connectivity index (χ4v) is 3.17. The van der Waals surface area contributed by atoms with Crippen molar-refractivity contribution in [3.63, 3.8) is 0 Å². The van der Waals surface area contributed by atoms with E-state index in [9.17, 15) is 28.0 Å². The topological polar surface area (TPSA) is 140 Å². The monoisotopic (exact) mass is 440 g/mol. The third-order valence-electron chi connectivity index (χ3n) is 5.05. The molecular formula is C19H22F2N4O6. The molecule has 0 bridgehead atoms.